The third kappa shape index (κ3) is 2.93. The van der Waals surface area contributed by atoms with Gasteiger partial charge in [0.05, 0.1) is 24.1 Å². The fourth-order valence-corrected chi connectivity index (χ4v) is 1.40. The summed E-state index contributed by atoms with van der Waals surface area (Å²) in [7, 11) is 1.61. The molecule has 0 atom stereocenters. The quantitative estimate of drug-likeness (QED) is 0.778. The second kappa shape index (κ2) is 5.51. The molecule has 0 N–H and O–H groups in total. The van der Waals surface area contributed by atoms with Gasteiger partial charge in [-0.25, -0.2) is 0 Å². The first-order chi connectivity index (χ1) is 6.77. The molecule has 4 heteroatoms. The molecule has 0 amide bonds. The van der Waals surface area contributed by atoms with Crippen LogP contribution in [0.25, 0.3) is 0 Å². The van der Waals surface area contributed by atoms with E-state index in [4.69, 9.17) is 14.7 Å². The molecule has 1 rings (SSSR count). The van der Waals surface area contributed by atoms with Crippen LogP contribution < -0.4 is 9.47 Å². The predicted octanol–water partition coefficient (Wildman–Crippen LogP) is 2.75. The van der Waals surface area contributed by atoms with Gasteiger partial charge in [0.15, 0.2) is 0 Å². The van der Waals surface area contributed by atoms with Crippen molar-refractivity contribution >= 4 is 15.9 Å². The number of hydrogen-bond donors (Lipinski definition) is 0. The Hall–Kier alpha value is -1.21. The van der Waals surface area contributed by atoms with E-state index in [-0.39, 0.29) is 0 Å². The predicted molar refractivity (Wildman–Crippen MR) is 56.4 cm³/mol. The summed E-state index contributed by atoms with van der Waals surface area (Å²) in [6, 6.07) is 7.45. The lowest BCUT2D eigenvalue weighted by molar-refractivity contribution is 0.323. The number of hydrogen-bond acceptors (Lipinski definition) is 3. The van der Waals surface area contributed by atoms with E-state index < -0.39 is 0 Å². The van der Waals surface area contributed by atoms with Crippen LogP contribution in [0.3, 0.4) is 0 Å². The molecule has 0 saturated carbocycles. The van der Waals surface area contributed by atoms with Crippen molar-refractivity contribution in [3.05, 3.63) is 22.7 Å². The molecule has 0 bridgehead atoms. The van der Waals surface area contributed by atoms with Gasteiger partial charge in [-0.05, 0) is 34.1 Å². The molecule has 1 aromatic carbocycles. The average molecular weight is 256 g/mol. The molecule has 0 spiro atoms. The number of nitriles is 1. The number of benzene rings is 1. The van der Waals surface area contributed by atoms with Crippen molar-refractivity contribution in [2.45, 2.75) is 6.42 Å². The SMILES string of the molecule is COc1ccc(OCCC#N)c(Br)c1. The molecule has 0 radical (unpaired) electrons. The number of methoxy groups -OCH3 is 1. The molecule has 0 fully saturated rings. The third-order valence-electron chi connectivity index (χ3n) is 1.61. The van der Waals surface area contributed by atoms with Gasteiger partial charge in [0, 0.05) is 0 Å². The van der Waals surface area contributed by atoms with Crippen molar-refractivity contribution in [2.24, 2.45) is 0 Å². The molecule has 14 heavy (non-hydrogen) atoms. The molecular weight excluding hydrogens is 246 g/mol. The maximum Gasteiger partial charge on any atom is 0.133 e. The second-order valence-corrected chi connectivity index (χ2v) is 3.41. The zero-order valence-electron chi connectivity index (χ0n) is 7.79. The van der Waals surface area contributed by atoms with Gasteiger partial charge < -0.3 is 9.47 Å². The van der Waals surface area contributed by atoms with E-state index in [0.29, 0.717) is 13.0 Å². The summed E-state index contributed by atoms with van der Waals surface area (Å²) in [5, 5.41) is 8.33. The second-order valence-electron chi connectivity index (χ2n) is 2.55. The molecular formula is C10H10BrNO2. The normalized spacial score (nSPS) is 9.21. The summed E-state index contributed by atoms with van der Waals surface area (Å²) in [6.45, 7) is 0.404. The Morgan fingerprint density at radius 3 is 2.86 bits per heavy atom. The number of ether oxygens (including phenoxy) is 2. The first-order valence-corrected chi connectivity index (χ1v) is 4.90. The molecule has 3 nitrogen and oxygen atoms in total. The summed E-state index contributed by atoms with van der Waals surface area (Å²) < 4.78 is 11.2. The van der Waals surface area contributed by atoms with Crippen LogP contribution in [0.1, 0.15) is 6.42 Å². The summed E-state index contributed by atoms with van der Waals surface area (Å²) >= 11 is 3.35. The maximum atomic E-state index is 8.33. The maximum absolute atomic E-state index is 8.33. The molecule has 0 unspecified atom stereocenters. The Bertz CT molecular complexity index is 346. The van der Waals surface area contributed by atoms with E-state index >= 15 is 0 Å². The monoisotopic (exact) mass is 255 g/mol. The van der Waals surface area contributed by atoms with E-state index in [1.54, 1.807) is 13.2 Å². The Kier molecular flexibility index (Phi) is 4.27. The van der Waals surface area contributed by atoms with Gasteiger partial charge in [-0.1, -0.05) is 0 Å². The lowest BCUT2D eigenvalue weighted by atomic mass is 10.3. The van der Waals surface area contributed by atoms with Gasteiger partial charge in [0.25, 0.3) is 0 Å². The Labute approximate surface area is 91.4 Å². The first kappa shape index (κ1) is 10.9. The van der Waals surface area contributed by atoms with Crippen molar-refractivity contribution in [2.75, 3.05) is 13.7 Å². The van der Waals surface area contributed by atoms with Gasteiger partial charge in [0.2, 0.25) is 0 Å². The van der Waals surface area contributed by atoms with Gasteiger partial charge in [-0.3, -0.25) is 0 Å². The highest BCUT2D eigenvalue weighted by atomic mass is 79.9. The molecule has 74 valence electrons. The Balaban J connectivity index is 2.65. The Morgan fingerprint density at radius 2 is 2.29 bits per heavy atom. The highest BCUT2D eigenvalue weighted by molar-refractivity contribution is 9.10. The summed E-state index contributed by atoms with van der Waals surface area (Å²) in [5.41, 5.74) is 0. The molecule has 1 aromatic rings. The highest BCUT2D eigenvalue weighted by Crippen LogP contribution is 2.28. The molecule has 0 aliphatic carbocycles. The van der Waals surface area contributed by atoms with Crippen molar-refractivity contribution in [1.82, 2.24) is 0 Å². The van der Waals surface area contributed by atoms with Crippen LogP contribution in [0.2, 0.25) is 0 Å². The van der Waals surface area contributed by atoms with E-state index in [2.05, 4.69) is 15.9 Å². The smallest absolute Gasteiger partial charge is 0.133 e. The van der Waals surface area contributed by atoms with Crippen LogP contribution in [0.4, 0.5) is 0 Å². The lowest BCUT2D eigenvalue weighted by Gasteiger charge is -2.07. The molecule has 0 aliphatic heterocycles. The molecule has 0 heterocycles. The van der Waals surface area contributed by atoms with E-state index in [0.717, 1.165) is 16.0 Å². The van der Waals surface area contributed by atoms with Gasteiger partial charge >= 0.3 is 0 Å². The number of nitrogens with zero attached hydrogens (tertiary/aromatic N) is 1. The van der Waals surface area contributed by atoms with E-state index in [1.165, 1.54) is 0 Å². The van der Waals surface area contributed by atoms with E-state index in [1.807, 2.05) is 18.2 Å². The average Bonchev–Trinajstić information content (AvgIpc) is 2.20. The fourth-order valence-electron chi connectivity index (χ4n) is 0.932. The van der Waals surface area contributed by atoms with Gasteiger partial charge in [-0.15, -0.1) is 0 Å². The largest absolute Gasteiger partial charge is 0.497 e. The standard InChI is InChI=1S/C10H10BrNO2/c1-13-8-3-4-10(9(11)7-8)14-6-2-5-12/h3-4,7H,2,6H2,1H3. The summed E-state index contributed by atoms with van der Waals surface area (Å²) in [6.07, 6.45) is 0.387. The van der Waals surface area contributed by atoms with Crippen molar-refractivity contribution in [3.8, 4) is 17.6 Å². The fraction of sp³-hybridized carbons (Fsp3) is 0.300. The van der Waals surface area contributed by atoms with Crippen LogP contribution in [0, 0.1) is 11.3 Å². The zero-order valence-corrected chi connectivity index (χ0v) is 9.37. The minimum absolute atomic E-state index is 0.387. The number of rotatable bonds is 4. The molecule has 0 saturated heterocycles. The molecule has 0 aromatic heterocycles. The minimum Gasteiger partial charge on any atom is -0.497 e. The van der Waals surface area contributed by atoms with Gasteiger partial charge in [0.1, 0.15) is 18.1 Å². The van der Waals surface area contributed by atoms with Crippen LogP contribution in [0.5, 0.6) is 11.5 Å². The van der Waals surface area contributed by atoms with Crippen LogP contribution in [-0.4, -0.2) is 13.7 Å². The van der Waals surface area contributed by atoms with E-state index in [9.17, 15) is 0 Å². The van der Waals surface area contributed by atoms with Crippen molar-refractivity contribution in [3.63, 3.8) is 0 Å². The minimum atomic E-state index is 0.387. The highest BCUT2D eigenvalue weighted by Gasteiger charge is 2.02. The third-order valence-corrected chi connectivity index (χ3v) is 2.23. The van der Waals surface area contributed by atoms with Crippen LogP contribution in [-0.2, 0) is 0 Å². The van der Waals surface area contributed by atoms with Crippen molar-refractivity contribution < 1.29 is 9.47 Å². The topological polar surface area (TPSA) is 42.2 Å². The summed E-state index contributed by atoms with van der Waals surface area (Å²) in [5.74, 6) is 1.49. The van der Waals surface area contributed by atoms with Crippen molar-refractivity contribution in [1.29, 1.82) is 5.26 Å². The van der Waals surface area contributed by atoms with Crippen LogP contribution in [0.15, 0.2) is 22.7 Å². The Morgan fingerprint density at radius 1 is 1.50 bits per heavy atom. The summed E-state index contributed by atoms with van der Waals surface area (Å²) in [4.78, 5) is 0. The first-order valence-electron chi connectivity index (χ1n) is 4.11. The van der Waals surface area contributed by atoms with Crippen LogP contribution >= 0.6 is 15.9 Å². The lowest BCUT2D eigenvalue weighted by Crippen LogP contribution is -1.96. The molecule has 0 aliphatic rings. The number of halogens is 1. The van der Waals surface area contributed by atoms with Gasteiger partial charge in [-0.2, -0.15) is 5.26 Å². The zero-order chi connectivity index (χ0) is 10.4.